The van der Waals surface area contributed by atoms with Gasteiger partial charge in [-0.1, -0.05) is 30.3 Å². The molecule has 3 aliphatic heterocycles. The van der Waals surface area contributed by atoms with E-state index in [9.17, 15) is 14.4 Å². The fourth-order valence-corrected chi connectivity index (χ4v) is 4.52. The zero-order valence-electron chi connectivity index (χ0n) is 20.3. The van der Waals surface area contributed by atoms with E-state index in [1.165, 1.54) is 5.56 Å². The SMILES string of the molecule is [2H]C1([2H])c2c(NCc3ccccc3CN3CCOCC3)cccc2C(=O)N1C1CCC(=O)NC1=O. The van der Waals surface area contributed by atoms with Crippen LogP contribution in [0.3, 0.4) is 0 Å². The van der Waals surface area contributed by atoms with E-state index in [0.717, 1.165) is 43.3 Å². The zero-order chi connectivity index (χ0) is 24.6. The van der Waals surface area contributed by atoms with Crippen molar-refractivity contribution in [2.24, 2.45) is 0 Å². The van der Waals surface area contributed by atoms with Gasteiger partial charge >= 0.3 is 0 Å². The molecule has 0 radical (unpaired) electrons. The molecule has 2 aromatic carbocycles. The molecule has 172 valence electrons. The molecule has 3 heterocycles. The van der Waals surface area contributed by atoms with Gasteiger partial charge in [-0.3, -0.25) is 24.6 Å². The lowest BCUT2D eigenvalue weighted by molar-refractivity contribution is -0.136. The minimum atomic E-state index is -2.20. The van der Waals surface area contributed by atoms with Crippen molar-refractivity contribution in [1.29, 1.82) is 0 Å². The van der Waals surface area contributed by atoms with Crippen molar-refractivity contribution in [3.63, 3.8) is 0 Å². The summed E-state index contributed by atoms with van der Waals surface area (Å²) in [5.74, 6) is -1.59. The predicted molar refractivity (Wildman–Crippen MR) is 122 cm³/mol. The quantitative estimate of drug-likeness (QED) is 0.654. The number of amides is 3. The molecular weight excluding hydrogens is 420 g/mol. The largest absolute Gasteiger partial charge is 0.381 e. The Hall–Kier alpha value is -3.23. The number of morpholine rings is 1. The molecule has 1 unspecified atom stereocenters. The summed E-state index contributed by atoms with van der Waals surface area (Å²) in [6, 6.07) is 12.1. The Kier molecular flexibility index (Phi) is 5.44. The molecule has 1 atom stereocenters. The van der Waals surface area contributed by atoms with Crippen LogP contribution in [0.25, 0.3) is 0 Å². The van der Waals surface area contributed by atoms with Crippen LogP contribution in [-0.2, 0) is 33.9 Å². The minimum Gasteiger partial charge on any atom is -0.381 e. The molecule has 0 saturated carbocycles. The summed E-state index contributed by atoms with van der Waals surface area (Å²) in [6.45, 7) is 2.27. The first-order chi connectivity index (χ1) is 16.9. The van der Waals surface area contributed by atoms with Crippen molar-refractivity contribution in [3.05, 3.63) is 64.7 Å². The van der Waals surface area contributed by atoms with Gasteiger partial charge in [-0.25, -0.2) is 0 Å². The number of ether oxygens (including phenoxy) is 1. The Labute approximate surface area is 195 Å². The van der Waals surface area contributed by atoms with Gasteiger partial charge in [-0.15, -0.1) is 0 Å². The maximum atomic E-state index is 13.2. The average Bonchev–Trinajstić information content (AvgIpc) is 3.05. The number of piperidine rings is 1. The van der Waals surface area contributed by atoms with Gasteiger partial charge < -0.3 is 15.0 Å². The monoisotopic (exact) mass is 450 g/mol. The van der Waals surface area contributed by atoms with E-state index < -0.39 is 30.3 Å². The van der Waals surface area contributed by atoms with Crippen LogP contribution in [0.2, 0.25) is 0 Å². The molecule has 8 heteroatoms. The molecular formula is C25H28N4O4. The first kappa shape index (κ1) is 19.3. The van der Waals surface area contributed by atoms with E-state index in [-0.39, 0.29) is 24.0 Å². The van der Waals surface area contributed by atoms with E-state index in [1.54, 1.807) is 18.2 Å². The van der Waals surface area contributed by atoms with Crippen molar-refractivity contribution in [3.8, 4) is 0 Å². The number of carbonyl (C=O) groups excluding carboxylic acids is 3. The summed E-state index contributed by atoms with van der Waals surface area (Å²) in [4.78, 5) is 40.6. The summed E-state index contributed by atoms with van der Waals surface area (Å²) < 4.78 is 23.1. The molecule has 5 rings (SSSR count). The van der Waals surface area contributed by atoms with E-state index in [1.807, 2.05) is 18.2 Å². The molecule has 0 bridgehead atoms. The van der Waals surface area contributed by atoms with Crippen LogP contribution in [0.5, 0.6) is 0 Å². The van der Waals surface area contributed by atoms with Gasteiger partial charge in [0.25, 0.3) is 5.91 Å². The van der Waals surface area contributed by atoms with Gasteiger partial charge in [-0.2, -0.15) is 0 Å². The Bertz CT molecular complexity index is 1170. The maximum absolute atomic E-state index is 13.2. The number of nitrogens with zero attached hydrogens (tertiary/aromatic N) is 2. The third kappa shape index (κ3) is 4.49. The molecule has 3 aliphatic rings. The van der Waals surface area contributed by atoms with Crippen molar-refractivity contribution in [2.45, 2.75) is 38.5 Å². The first-order valence-electron chi connectivity index (χ1n) is 12.3. The highest BCUT2D eigenvalue weighted by Crippen LogP contribution is 2.32. The minimum absolute atomic E-state index is 0.0671. The first-order valence-corrected chi connectivity index (χ1v) is 11.3. The van der Waals surface area contributed by atoms with E-state index >= 15 is 0 Å². The van der Waals surface area contributed by atoms with Gasteiger partial charge in [0.2, 0.25) is 11.8 Å². The highest BCUT2D eigenvalue weighted by atomic mass is 16.5. The number of fused-ring (bicyclic) bond motifs is 1. The van der Waals surface area contributed by atoms with Crippen molar-refractivity contribution >= 4 is 23.4 Å². The summed E-state index contributed by atoms with van der Waals surface area (Å²) in [6.07, 6.45) is 0.166. The summed E-state index contributed by atoms with van der Waals surface area (Å²) in [5.41, 5.74) is 3.23. The molecule has 0 aliphatic carbocycles. The second kappa shape index (κ2) is 9.33. The number of nitrogens with one attached hydrogen (secondary N) is 2. The number of hydrogen-bond donors (Lipinski definition) is 2. The van der Waals surface area contributed by atoms with E-state index in [0.29, 0.717) is 12.2 Å². The molecule has 8 nitrogen and oxygen atoms in total. The summed E-state index contributed by atoms with van der Waals surface area (Å²) in [7, 11) is 0. The molecule has 2 fully saturated rings. The average molecular weight is 451 g/mol. The normalized spacial score (nSPS) is 23.6. The highest BCUT2D eigenvalue weighted by molar-refractivity contribution is 6.06. The fourth-order valence-electron chi connectivity index (χ4n) is 4.52. The van der Waals surface area contributed by atoms with E-state index in [4.69, 9.17) is 7.48 Å². The van der Waals surface area contributed by atoms with Gasteiger partial charge in [0.15, 0.2) is 0 Å². The van der Waals surface area contributed by atoms with Crippen LogP contribution in [0.1, 0.15) is 42.6 Å². The maximum Gasteiger partial charge on any atom is 0.255 e. The molecule has 33 heavy (non-hydrogen) atoms. The number of benzene rings is 2. The van der Waals surface area contributed by atoms with E-state index in [2.05, 4.69) is 21.6 Å². The predicted octanol–water partition coefficient (Wildman–Crippen LogP) is 1.89. The third-order valence-corrected chi connectivity index (χ3v) is 6.35. The fraction of sp³-hybridized carbons (Fsp3) is 0.400. The lowest BCUT2D eigenvalue weighted by Gasteiger charge is -2.29. The molecule has 2 saturated heterocycles. The molecule has 0 aromatic heterocycles. The van der Waals surface area contributed by atoms with Gasteiger partial charge in [0.1, 0.15) is 6.04 Å². The van der Waals surface area contributed by atoms with Crippen molar-refractivity contribution in [1.82, 2.24) is 15.1 Å². The Morgan fingerprint density at radius 3 is 2.64 bits per heavy atom. The number of rotatable bonds is 6. The Morgan fingerprint density at radius 1 is 1.06 bits per heavy atom. The zero-order valence-corrected chi connectivity index (χ0v) is 18.3. The molecule has 0 spiro atoms. The van der Waals surface area contributed by atoms with Crippen LogP contribution in [0.4, 0.5) is 5.69 Å². The Balaban J connectivity index is 1.38. The lowest BCUT2D eigenvalue weighted by Crippen LogP contribution is -2.52. The van der Waals surface area contributed by atoms with Crippen LogP contribution in [0, 0.1) is 0 Å². The van der Waals surface area contributed by atoms with Crippen LogP contribution < -0.4 is 10.6 Å². The summed E-state index contributed by atoms with van der Waals surface area (Å²) in [5, 5.41) is 5.57. The van der Waals surface area contributed by atoms with Crippen LogP contribution in [-0.4, -0.2) is 59.9 Å². The van der Waals surface area contributed by atoms with Crippen molar-refractivity contribution < 1.29 is 21.9 Å². The van der Waals surface area contributed by atoms with Gasteiger partial charge in [-0.05, 0) is 29.7 Å². The van der Waals surface area contributed by atoms with Crippen LogP contribution in [0.15, 0.2) is 42.5 Å². The number of anilines is 1. The molecule has 2 N–H and O–H groups in total. The second-order valence-corrected chi connectivity index (χ2v) is 8.49. The van der Waals surface area contributed by atoms with Crippen molar-refractivity contribution in [2.75, 3.05) is 31.6 Å². The van der Waals surface area contributed by atoms with Crippen LogP contribution >= 0.6 is 0 Å². The summed E-state index contributed by atoms with van der Waals surface area (Å²) >= 11 is 0. The molecule has 2 aromatic rings. The second-order valence-electron chi connectivity index (χ2n) is 8.49. The van der Waals surface area contributed by atoms with Gasteiger partial charge in [0.05, 0.1) is 16.0 Å². The number of carbonyl (C=O) groups is 3. The highest BCUT2D eigenvalue weighted by Gasteiger charge is 2.39. The third-order valence-electron chi connectivity index (χ3n) is 6.35. The Morgan fingerprint density at radius 2 is 1.85 bits per heavy atom. The molecule has 3 amide bonds. The van der Waals surface area contributed by atoms with Gasteiger partial charge in [0, 0.05) is 55.9 Å². The topological polar surface area (TPSA) is 91.0 Å². The lowest BCUT2D eigenvalue weighted by atomic mass is 10.0. The standard InChI is InChI=1S/C25H28N4O4/c30-23-9-8-22(24(31)27-23)29-16-20-19(25(29)32)6-3-7-21(20)26-14-17-4-1-2-5-18(17)15-28-10-12-33-13-11-28/h1-7,22,26H,8-16H2,(H,27,30,31)/i16D2. The number of hydrogen-bond acceptors (Lipinski definition) is 6. The number of imide groups is 1. The smallest absolute Gasteiger partial charge is 0.255 e.